The molecule has 1 atom stereocenters. The quantitative estimate of drug-likeness (QED) is 0.908. The predicted molar refractivity (Wildman–Crippen MR) is 83.9 cm³/mol. The number of aromatic nitrogens is 2. The normalized spacial score (nSPS) is 12.7. The van der Waals surface area contributed by atoms with Crippen LogP contribution in [0.5, 0.6) is 0 Å². The van der Waals surface area contributed by atoms with Crippen LogP contribution in [-0.2, 0) is 19.9 Å². The minimum absolute atomic E-state index is 0.204. The number of rotatable bonds is 5. The third-order valence-electron chi connectivity index (χ3n) is 4.00. The van der Waals surface area contributed by atoms with Gasteiger partial charge in [0.1, 0.15) is 0 Å². The summed E-state index contributed by atoms with van der Waals surface area (Å²) in [6, 6.07) is 8.81. The molecule has 2 rings (SSSR count). The Morgan fingerprint density at radius 3 is 2.60 bits per heavy atom. The van der Waals surface area contributed by atoms with E-state index in [1.807, 2.05) is 11.7 Å². The molecule has 1 heterocycles. The minimum atomic E-state index is 0.204. The number of benzene rings is 1. The minimum Gasteiger partial charge on any atom is -0.327 e. The highest BCUT2D eigenvalue weighted by atomic mass is 15.3. The summed E-state index contributed by atoms with van der Waals surface area (Å²) in [6.07, 6.45) is 2.96. The van der Waals surface area contributed by atoms with E-state index >= 15 is 0 Å². The average Bonchev–Trinajstić information content (AvgIpc) is 2.61. The highest BCUT2D eigenvalue weighted by molar-refractivity contribution is 5.25. The first kappa shape index (κ1) is 14.8. The zero-order valence-electron chi connectivity index (χ0n) is 13.0. The summed E-state index contributed by atoms with van der Waals surface area (Å²) in [5.41, 5.74) is 12.7. The lowest BCUT2D eigenvalue weighted by atomic mass is 9.98. The molecule has 0 aliphatic rings. The topological polar surface area (TPSA) is 43.8 Å². The molecule has 2 N–H and O–H groups in total. The SMILES string of the molecule is Cc1cccc(CC(N)CCc2c(C)nn(C)c2C)c1. The van der Waals surface area contributed by atoms with Crippen molar-refractivity contribution >= 4 is 0 Å². The molecule has 1 aromatic heterocycles. The Morgan fingerprint density at radius 2 is 2.00 bits per heavy atom. The smallest absolute Gasteiger partial charge is 0.0628 e. The van der Waals surface area contributed by atoms with Gasteiger partial charge in [-0.05, 0) is 51.2 Å². The molecule has 1 aromatic carbocycles. The summed E-state index contributed by atoms with van der Waals surface area (Å²) in [4.78, 5) is 0. The van der Waals surface area contributed by atoms with E-state index in [1.165, 1.54) is 22.4 Å². The second-order valence-corrected chi connectivity index (χ2v) is 5.76. The number of hydrogen-bond acceptors (Lipinski definition) is 2. The van der Waals surface area contributed by atoms with Crippen LogP contribution in [0.4, 0.5) is 0 Å². The standard InChI is InChI=1S/C17H25N3/c1-12-6-5-7-15(10-12)11-16(18)8-9-17-13(2)19-20(4)14(17)3/h5-7,10,16H,8-9,11,18H2,1-4H3. The van der Waals surface area contributed by atoms with Gasteiger partial charge in [0.25, 0.3) is 0 Å². The molecule has 0 aliphatic heterocycles. The van der Waals surface area contributed by atoms with Crippen LogP contribution in [0.15, 0.2) is 24.3 Å². The zero-order valence-corrected chi connectivity index (χ0v) is 13.0. The van der Waals surface area contributed by atoms with Crippen molar-refractivity contribution in [2.45, 2.75) is 46.1 Å². The van der Waals surface area contributed by atoms with Crippen LogP contribution in [-0.4, -0.2) is 15.8 Å². The van der Waals surface area contributed by atoms with Crippen molar-refractivity contribution < 1.29 is 0 Å². The Hall–Kier alpha value is -1.61. The number of nitrogens with two attached hydrogens (primary N) is 1. The predicted octanol–water partition coefficient (Wildman–Crippen LogP) is 2.85. The van der Waals surface area contributed by atoms with E-state index < -0.39 is 0 Å². The van der Waals surface area contributed by atoms with Crippen LogP contribution in [0.1, 0.15) is 34.5 Å². The van der Waals surface area contributed by atoms with E-state index in [2.05, 4.69) is 50.1 Å². The van der Waals surface area contributed by atoms with Gasteiger partial charge in [-0.25, -0.2) is 0 Å². The molecule has 20 heavy (non-hydrogen) atoms. The van der Waals surface area contributed by atoms with Gasteiger partial charge in [-0.2, -0.15) is 5.10 Å². The molecular weight excluding hydrogens is 246 g/mol. The van der Waals surface area contributed by atoms with E-state index in [1.54, 1.807) is 0 Å². The number of aryl methyl sites for hydroxylation is 3. The Bertz CT molecular complexity index is 584. The van der Waals surface area contributed by atoms with Gasteiger partial charge in [-0.1, -0.05) is 29.8 Å². The van der Waals surface area contributed by atoms with E-state index in [-0.39, 0.29) is 6.04 Å². The van der Waals surface area contributed by atoms with Crippen LogP contribution >= 0.6 is 0 Å². The fourth-order valence-electron chi connectivity index (χ4n) is 2.75. The van der Waals surface area contributed by atoms with Crippen LogP contribution < -0.4 is 5.73 Å². The van der Waals surface area contributed by atoms with E-state index in [0.29, 0.717) is 0 Å². The average molecular weight is 271 g/mol. The van der Waals surface area contributed by atoms with Gasteiger partial charge in [0, 0.05) is 18.8 Å². The van der Waals surface area contributed by atoms with Crippen molar-refractivity contribution in [1.29, 1.82) is 0 Å². The lowest BCUT2D eigenvalue weighted by Gasteiger charge is -2.12. The summed E-state index contributed by atoms with van der Waals surface area (Å²) in [5.74, 6) is 0. The second kappa shape index (κ2) is 6.23. The first-order valence-electron chi connectivity index (χ1n) is 7.27. The van der Waals surface area contributed by atoms with E-state index in [4.69, 9.17) is 5.73 Å². The summed E-state index contributed by atoms with van der Waals surface area (Å²) in [5, 5.41) is 4.46. The van der Waals surface area contributed by atoms with Gasteiger partial charge < -0.3 is 5.73 Å². The fraction of sp³-hybridized carbons (Fsp3) is 0.471. The van der Waals surface area contributed by atoms with Gasteiger partial charge in [-0.3, -0.25) is 4.68 Å². The fourth-order valence-corrected chi connectivity index (χ4v) is 2.75. The molecule has 0 fully saturated rings. The molecule has 2 aromatic rings. The lowest BCUT2D eigenvalue weighted by Crippen LogP contribution is -2.23. The van der Waals surface area contributed by atoms with Crippen LogP contribution in [0.2, 0.25) is 0 Å². The molecule has 3 heteroatoms. The summed E-state index contributed by atoms with van der Waals surface area (Å²) in [7, 11) is 2.00. The Balaban J connectivity index is 1.94. The van der Waals surface area contributed by atoms with Gasteiger partial charge in [0.15, 0.2) is 0 Å². The molecule has 1 unspecified atom stereocenters. The molecule has 108 valence electrons. The summed E-state index contributed by atoms with van der Waals surface area (Å²) in [6.45, 7) is 6.33. The molecule has 3 nitrogen and oxygen atoms in total. The molecule has 0 aliphatic carbocycles. The molecule has 0 saturated heterocycles. The highest BCUT2D eigenvalue weighted by Crippen LogP contribution is 2.16. The first-order chi connectivity index (χ1) is 9.47. The van der Waals surface area contributed by atoms with Crippen molar-refractivity contribution in [3.63, 3.8) is 0 Å². The van der Waals surface area contributed by atoms with Gasteiger partial charge in [0.05, 0.1) is 5.69 Å². The molecular formula is C17H25N3. The summed E-state index contributed by atoms with van der Waals surface area (Å²) >= 11 is 0. The van der Waals surface area contributed by atoms with Gasteiger partial charge in [0.2, 0.25) is 0 Å². The summed E-state index contributed by atoms with van der Waals surface area (Å²) < 4.78 is 1.96. The van der Waals surface area contributed by atoms with Crippen molar-refractivity contribution in [1.82, 2.24) is 9.78 Å². The highest BCUT2D eigenvalue weighted by Gasteiger charge is 2.11. The third-order valence-corrected chi connectivity index (χ3v) is 4.00. The second-order valence-electron chi connectivity index (χ2n) is 5.76. The monoisotopic (exact) mass is 271 g/mol. The lowest BCUT2D eigenvalue weighted by molar-refractivity contribution is 0.608. The van der Waals surface area contributed by atoms with Crippen molar-refractivity contribution in [3.8, 4) is 0 Å². The van der Waals surface area contributed by atoms with Crippen LogP contribution in [0.25, 0.3) is 0 Å². The number of hydrogen-bond donors (Lipinski definition) is 1. The van der Waals surface area contributed by atoms with Crippen molar-refractivity contribution in [3.05, 3.63) is 52.3 Å². The maximum absolute atomic E-state index is 6.28. The van der Waals surface area contributed by atoms with Gasteiger partial charge in [-0.15, -0.1) is 0 Å². The molecule has 0 amide bonds. The van der Waals surface area contributed by atoms with Crippen molar-refractivity contribution in [2.24, 2.45) is 12.8 Å². The molecule has 0 bridgehead atoms. The van der Waals surface area contributed by atoms with Gasteiger partial charge >= 0.3 is 0 Å². The molecule has 0 radical (unpaired) electrons. The maximum atomic E-state index is 6.28. The first-order valence-corrected chi connectivity index (χ1v) is 7.27. The Kier molecular flexibility index (Phi) is 4.61. The maximum Gasteiger partial charge on any atom is 0.0628 e. The van der Waals surface area contributed by atoms with E-state index in [9.17, 15) is 0 Å². The van der Waals surface area contributed by atoms with E-state index in [0.717, 1.165) is 25.0 Å². The van der Waals surface area contributed by atoms with Crippen molar-refractivity contribution in [2.75, 3.05) is 0 Å². The Morgan fingerprint density at radius 1 is 1.25 bits per heavy atom. The zero-order chi connectivity index (χ0) is 14.7. The largest absolute Gasteiger partial charge is 0.327 e. The van der Waals surface area contributed by atoms with Crippen LogP contribution in [0.3, 0.4) is 0 Å². The Labute approximate surface area is 121 Å². The molecule has 0 saturated carbocycles. The number of nitrogens with zero attached hydrogens (tertiary/aromatic N) is 2. The third kappa shape index (κ3) is 3.48. The van der Waals surface area contributed by atoms with Crippen LogP contribution in [0, 0.1) is 20.8 Å². The molecule has 0 spiro atoms.